The van der Waals surface area contributed by atoms with Gasteiger partial charge in [0.1, 0.15) is 18.7 Å². The Morgan fingerprint density at radius 1 is 1.47 bits per heavy atom. The van der Waals surface area contributed by atoms with Gasteiger partial charge < -0.3 is 10.4 Å². The zero-order chi connectivity index (χ0) is 13.7. The maximum atomic E-state index is 12.1. The molecule has 0 aromatic carbocycles. The summed E-state index contributed by atoms with van der Waals surface area (Å²) in [5, 5.41) is 16.5. The number of nitrogens with one attached hydrogen (secondary N) is 1. The van der Waals surface area contributed by atoms with Crippen molar-refractivity contribution >= 4 is 5.91 Å². The molecular formula is C13H22N4O2. The van der Waals surface area contributed by atoms with Gasteiger partial charge in [-0.25, -0.2) is 9.67 Å². The maximum Gasteiger partial charge on any atom is 0.244 e. The molecule has 1 saturated carbocycles. The van der Waals surface area contributed by atoms with Gasteiger partial charge in [0.05, 0.1) is 6.61 Å². The second kappa shape index (κ2) is 6.14. The van der Waals surface area contributed by atoms with Gasteiger partial charge >= 0.3 is 0 Å². The molecule has 1 aliphatic rings. The summed E-state index contributed by atoms with van der Waals surface area (Å²) in [7, 11) is 0. The molecule has 19 heavy (non-hydrogen) atoms. The van der Waals surface area contributed by atoms with E-state index >= 15 is 0 Å². The molecule has 2 rings (SSSR count). The number of aliphatic hydroxyl groups is 1. The fourth-order valence-corrected chi connectivity index (χ4v) is 2.65. The van der Waals surface area contributed by atoms with E-state index in [-0.39, 0.29) is 24.0 Å². The number of amides is 1. The van der Waals surface area contributed by atoms with E-state index in [4.69, 9.17) is 0 Å². The van der Waals surface area contributed by atoms with Crippen LogP contribution >= 0.6 is 0 Å². The van der Waals surface area contributed by atoms with Crippen molar-refractivity contribution in [1.82, 2.24) is 20.1 Å². The molecule has 1 aliphatic carbocycles. The van der Waals surface area contributed by atoms with Gasteiger partial charge in [0.15, 0.2) is 0 Å². The van der Waals surface area contributed by atoms with Gasteiger partial charge in [-0.2, -0.15) is 5.10 Å². The van der Waals surface area contributed by atoms with E-state index < -0.39 is 0 Å². The minimum absolute atomic E-state index is 0.0797. The van der Waals surface area contributed by atoms with Crippen molar-refractivity contribution in [1.29, 1.82) is 0 Å². The molecule has 0 spiro atoms. The Labute approximate surface area is 113 Å². The maximum absolute atomic E-state index is 12.1. The van der Waals surface area contributed by atoms with E-state index in [0.717, 1.165) is 25.7 Å². The highest BCUT2D eigenvalue weighted by atomic mass is 16.3. The third kappa shape index (κ3) is 3.32. The van der Waals surface area contributed by atoms with Crippen LogP contribution in [0.2, 0.25) is 0 Å². The van der Waals surface area contributed by atoms with Gasteiger partial charge in [-0.1, -0.05) is 19.3 Å². The summed E-state index contributed by atoms with van der Waals surface area (Å²) in [4.78, 5) is 15.9. The first kappa shape index (κ1) is 14.0. The Morgan fingerprint density at radius 2 is 2.21 bits per heavy atom. The standard InChI is InChI=1S/C13H22N4O2/c1-11(17-10-14-9-16-17)12(19)15-7-13(8-18)5-3-2-4-6-13/h9-11,18H,2-8H2,1H3,(H,15,19). The molecule has 1 aromatic rings. The molecule has 1 heterocycles. The second-order valence-electron chi connectivity index (χ2n) is 5.49. The lowest BCUT2D eigenvalue weighted by Gasteiger charge is -2.35. The molecule has 0 radical (unpaired) electrons. The highest BCUT2D eigenvalue weighted by molar-refractivity contribution is 5.79. The van der Waals surface area contributed by atoms with Crippen LogP contribution in [0.25, 0.3) is 0 Å². The van der Waals surface area contributed by atoms with Gasteiger partial charge in [0, 0.05) is 12.0 Å². The van der Waals surface area contributed by atoms with E-state index in [1.165, 1.54) is 23.8 Å². The largest absolute Gasteiger partial charge is 0.396 e. The molecule has 106 valence electrons. The molecule has 1 amide bonds. The first-order valence-electron chi connectivity index (χ1n) is 6.90. The molecule has 1 fully saturated rings. The van der Waals surface area contributed by atoms with E-state index in [9.17, 15) is 9.90 Å². The SMILES string of the molecule is CC(C(=O)NCC1(CO)CCCCC1)n1cncn1. The smallest absolute Gasteiger partial charge is 0.244 e. The summed E-state index contributed by atoms with van der Waals surface area (Å²) in [6, 6.07) is -0.373. The quantitative estimate of drug-likeness (QED) is 0.829. The van der Waals surface area contributed by atoms with Crippen molar-refractivity contribution in [2.45, 2.75) is 45.1 Å². The van der Waals surface area contributed by atoms with Crippen LogP contribution in [0, 0.1) is 5.41 Å². The number of aliphatic hydroxyl groups excluding tert-OH is 1. The predicted molar refractivity (Wildman–Crippen MR) is 70.3 cm³/mol. The summed E-state index contributed by atoms with van der Waals surface area (Å²) >= 11 is 0. The number of aromatic nitrogens is 3. The topological polar surface area (TPSA) is 80.0 Å². The van der Waals surface area contributed by atoms with Crippen molar-refractivity contribution in [3.8, 4) is 0 Å². The van der Waals surface area contributed by atoms with Crippen LogP contribution in [0.1, 0.15) is 45.1 Å². The minimum atomic E-state index is -0.373. The van der Waals surface area contributed by atoms with Crippen molar-refractivity contribution < 1.29 is 9.90 Å². The van der Waals surface area contributed by atoms with Gasteiger partial charge in [-0.15, -0.1) is 0 Å². The van der Waals surface area contributed by atoms with Crippen molar-refractivity contribution in [3.63, 3.8) is 0 Å². The third-order valence-corrected chi connectivity index (χ3v) is 4.10. The minimum Gasteiger partial charge on any atom is -0.396 e. The summed E-state index contributed by atoms with van der Waals surface area (Å²) in [5.41, 5.74) is -0.129. The van der Waals surface area contributed by atoms with E-state index in [1.54, 1.807) is 6.92 Å². The Kier molecular flexibility index (Phi) is 4.52. The first-order chi connectivity index (χ1) is 9.17. The fourth-order valence-electron chi connectivity index (χ4n) is 2.65. The van der Waals surface area contributed by atoms with E-state index in [0.29, 0.717) is 6.54 Å². The molecule has 0 aliphatic heterocycles. The van der Waals surface area contributed by atoms with E-state index in [1.807, 2.05) is 0 Å². The third-order valence-electron chi connectivity index (χ3n) is 4.10. The molecular weight excluding hydrogens is 244 g/mol. The lowest BCUT2D eigenvalue weighted by Crippen LogP contribution is -2.43. The van der Waals surface area contributed by atoms with Crippen LogP contribution in [0.3, 0.4) is 0 Å². The summed E-state index contributed by atoms with van der Waals surface area (Å²) in [6.45, 7) is 2.48. The van der Waals surface area contributed by atoms with Crippen LogP contribution in [0.4, 0.5) is 0 Å². The molecule has 1 atom stereocenters. The van der Waals surface area contributed by atoms with Crippen molar-refractivity contribution in [2.75, 3.05) is 13.2 Å². The van der Waals surface area contributed by atoms with E-state index in [2.05, 4.69) is 15.4 Å². The molecule has 1 unspecified atom stereocenters. The number of nitrogens with zero attached hydrogens (tertiary/aromatic N) is 3. The number of hydrogen-bond donors (Lipinski definition) is 2. The average Bonchev–Trinajstić information content (AvgIpc) is 2.99. The van der Waals surface area contributed by atoms with Crippen LogP contribution in [-0.2, 0) is 4.79 Å². The monoisotopic (exact) mass is 266 g/mol. The van der Waals surface area contributed by atoms with Gasteiger partial charge in [-0.05, 0) is 19.8 Å². The predicted octanol–water partition coefficient (Wildman–Crippen LogP) is 0.898. The van der Waals surface area contributed by atoms with Crippen LogP contribution in [0.15, 0.2) is 12.7 Å². The molecule has 6 nitrogen and oxygen atoms in total. The number of carbonyl (C=O) groups excluding carboxylic acids is 1. The Bertz CT molecular complexity index is 399. The zero-order valence-corrected chi connectivity index (χ0v) is 11.4. The molecule has 2 N–H and O–H groups in total. The van der Waals surface area contributed by atoms with Crippen LogP contribution < -0.4 is 5.32 Å². The normalized spacial score (nSPS) is 19.9. The molecule has 1 aromatic heterocycles. The summed E-state index contributed by atoms with van der Waals surface area (Å²) in [5.74, 6) is -0.0797. The molecule has 0 bridgehead atoms. The highest BCUT2D eigenvalue weighted by Crippen LogP contribution is 2.35. The lowest BCUT2D eigenvalue weighted by molar-refractivity contribution is -0.125. The van der Waals surface area contributed by atoms with Gasteiger partial charge in [0.2, 0.25) is 5.91 Å². The second-order valence-corrected chi connectivity index (χ2v) is 5.49. The first-order valence-corrected chi connectivity index (χ1v) is 6.90. The summed E-state index contributed by atoms with van der Waals surface area (Å²) < 4.78 is 1.53. The summed E-state index contributed by atoms with van der Waals surface area (Å²) in [6.07, 6.45) is 8.42. The van der Waals surface area contributed by atoms with Gasteiger partial charge in [0.25, 0.3) is 0 Å². The average molecular weight is 266 g/mol. The molecule has 6 heteroatoms. The zero-order valence-electron chi connectivity index (χ0n) is 11.4. The number of rotatable bonds is 5. The highest BCUT2D eigenvalue weighted by Gasteiger charge is 2.32. The van der Waals surface area contributed by atoms with Crippen molar-refractivity contribution in [3.05, 3.63) is 12.7 Å². The molecule has 0 saturated heterocycles. The number of carbonyl (C=O) groups is 1. The Hall–Kier alpha value is -1.43. The van der Waals surface area contributed by atoms with Crippen LogP contribution in [0.5, 0.6) is 0 Å². The van der Waals surface area contributed by atoms with Crippen LogP contribution in [-0.4, -0.2) is 38.9 Å². The Balaban J connectivity index is 1.88. The Morgan fingerprint density at radius 3 is 2.79 bits per heavy atom. The number of hydrogen-bond acceptors (Lipinski definition) is 4. The lowest BCUT2D eigenvalue weighted by atomic mass is 9.74. The fraction of sp³-hybridized carbons (Fsp3) is 0.769. The van der Waals surface area contributed by atoms with Crippen molar-refractivity contribution in [2.24, 2.45) is 5.41 Å². The van der Waals surface area contributed by atoms with Gasteiger partial charge in [-0.3, -0.25) is 4.79 Å².